The van der Waals surface area contributed by atoms with Crippen LogP contribution in [0.1, 0.15) is 39.7 Å². The molecule has 0 spiro atoms. The van der Waals surface area contributed by atoms with Crippen LogP contribution in [0.5, 0.6) is 11.5 Å². The molecule has 1 aliphatic rings. The van der Waals surface area contributed by atoms with E-state index in [4.69, 9.17) is 9.47 Å². The summed E-state index contributed by atoms with van der Waals surface area (Å²) >= 11 is 0. The summed E-state index contributed by atoms with van der Waals surface area (Å²) in [6.45, 7) is 8.35. The van der Waals surface area contributed by atoms with Crippen molar-refractivity contribution in [1.29, 1.82) is 0 Å². The normalized spacial score (nSPS) is 16.8. The number of aryl methyl sites for hydroxylation is 1. The average molecular weight is 220 g/mol. The van der Waals surface area contributed by atoms with Crippen molar-refractivity contribution in [1.82, 2.24) is 0 Å². The maximum absolute atomic E-state index is 5.72. The summed E-state index contributed by atoms with van der Waals surface area (Å²) in [5.41, 5.74) is 1.33. The van der Waals surface area contributed by atoms with E-state index in [0.29, 0.717) is 0 Å². The summed E-state index contributed by atoms with van der Waals surface area (Å²) in [6.07, 6.45) is 2.32. The number of rotatable bonds is 3. The molecule has 0 saturated heterocycles. The van der Waals surface area contributed by atoms with Gasteiger partial charge >= 0.3 is 0 Å². The summed E-state index contributed by atoms with van der Waals surface area (Å²) in [5.74, 6) is 1.96. The van der Waals surface area contributed by atoms with Gasteiger partial charge in [0.1, 0.15) is 0 Å². The van der Waals surface area contributed by atoms with Crippen LogP contribution in [0.25, 0.3) is 0 Å². The van der Waals surface area contributed by atoms with Gasteiger partial charge in [-0.1, -0.05) is 19.9 Å². The van der Waals surface area contributed by atoms with Crippen molar-refractivity contribution in [3.05, 3.63) is 23.8 Å². The first-order chi connectivity index (χ1) is 7.46. The average Bonchev–Trinajstić information content (AvgIpc) is 2.47. The molecule has 2 rings (SSSR count). The largest absolute Gasteiger partial charge is 0.449 e. The zero-order chi connectivity index (χ0) is 11.8. The Balaban J connectivity index is 2.10. The molecular weight excluding hydrogens is 200 g/mol. The fourth-order valence-corrected chi connectivity index (χ4v) is 1.88. The zero-order valence-electron chi connectivity index (χ0n) is 10.5. The first-order valence-corrected chi connectivity index (χ1v) is 5.97. The Hall–Kier alpha value is -1.18. The minimum atomic E-state index is -0.515. The zero-order valence-corrected chi connectivity index (χ0v) is 10.5. The number of benzene rings is 1. The molecule has 2 heteroatoms. The predicted molar refractivity (Wildman–Crippen MR) is 64.9 cm³/mol. The van der Waals surface area contributed by atoms with Gasteiger partial charge in [-0.15, -0.1) is 0 Å². The lowest BCUT2D eigenvalue weighted by Crippen LogP contribution is -2.29. The quantitative estimate of drug-likeness (QED) is 0.771. The number of ether oxygens (including phenoxy) is 2. The molecule has 1 aromatic rings. The first-order valence-electron chi connectivity index (χ1n) is 5.97. The second-order valence-electron chi connectivity index (χ2n) is 5.32. The highest BCUT2D eigenvalue weighted by Gasteiger charge is 2.31. The SMILES string of the molecule is CC(C)CCc1ccc2c(c1)OC(C)(C)O2. The van der Waals surface area contributed by atoms with E-state index < -0.39 is 5.79 Å². The maximum atomic E-state index is 5.72. The summed E-state index contributed by atoms with van der Waals surface area (Å²) in [5, 5.41) is 0. The standard InChI is InChI=1S/C14H20O2/c1-10(2)5-6-11-7-8-12-13(9-11)16-14(3,4)15-12/h7-10H,5-6H2,1-4H3. The van der Waals surface area contributed by atoms with Crippen molar-refractivity contribution >= 4 is 0 Å². The second-order valence-corrected chi connectivity index (χ2v) is 5.32. The van der Waals surface area contributed by atoms with Crippen molar-refractivity contribution in [2.75, 3.05) is 0 Å². The van der Waals surface area contributed by atoms with E-state index in [1.807, 2.05) is 19.9 Å². The molecule has 1 aliphatic heterocycles. The van der Waals surface area contributed by atoms with Crippen LogP contribution < -0.4 is 9.47 Å². The molecule has 1 heterocycles. The van der Waals surface area contributed by atoms with Gasteiger partial charge in [0, 0.05) is 13.8 Å². The van der Waals surface area contributed by atoms with E-state index in [1.165, 1.54) is 12.0 Å². The lowest BCUT2D eigenvalue weighted by Gasteiger charge is -2.16. The molecule has 1 aromatic carbocycles. The Morgan fingerprint density at radius 1 is 1.12 bits per heavy atom. The topological polar surface area (TPSA) is 18.5 Å². The number of fused-ring (bicyclic) bond motifs is 1. The Bertz CT molecular complexity index is 380. The minimum Gasteiger partial charge on any atom is -0.449 e. The van der Waals surface area contributed by atoms with Gasteiger partial charge in [-0.2, -0.15) is 0 Å². The van der Waals surface area contributed by atoms with Gasteiger partial charge in [0.05, 0.1) is 0 Å². The van der Waals surface area contributed by atoms with Gasteiger partial charge in [0.15, 0.2) is 11.5 Å². The molecule has 88 valence electrons. The molecule has 0 unspecified atom stereocenters. The van der Waals surface area contributed by atoms with Crippen LogP contribution in [0.3, 0.4) is 0 Å². The lowest BCUT2D eigenvalue weighted by molar-refractivity contribution is -0.0431. The minimum absolute atomic E-state index is 0.515. The van der Waals surface area contributed by atoms with Crippen LogP contribution in [0.2, 0.25) is 0 Å². The van der Waals surface area contributed by atoms with Crippen molar-refractivity contribution in [2.45, 2.75) is 46.3 Å². The van der Waals surface area contributed by atoms with E-state index in [9.17, 15) is 0 Å². The third-order valence-corrected chi connectivity index (χ3v) is 2.73. The van der Waals surface area contributed by atoms with Gasteiger partial charge < -0.3 is 9.47 Å². The third kappa shape index (κ3) is 2.49. The Morgan fingerprint density at radius 3 is 2.50 bits per heavy atom. The highest BCUT2D eigenvalue weighted by molar-refractivity contribution is 5.45. The van der Waals surface area contributed by atoms with Crippen LogP contribution in [-0.2, 0) is 6.42 Å². The molecule has 0 saturated carbocycles. The molecule has 0 aromatic heterocycles. The highest BCUT2D eigenvalue weighted by atomic mass is 16.7. The van der Waals surface area contributed by atoms with Crippen molar-refractivity contribution in [3.8, 4) is 11.5 Å². The van der Waals surface area contributed by atoms with Crippen LogP contribution in [0, 0.1) is 5.92 Å². The summed E-state index contributed by atoms with van der Waals surface area (Å²) in [6, 6.07) is 6.25. The molecule has 0 radical (unpaired) electrons. The Morgan fingerprint density at radius 2 is 1.81 bits per heavy atom. The predicted octanol–water partition coefficient (Wildman–Crippen LogP) is 3.78. The van der Waals surface area contributed by atoms with Crippen LogP contribution in [0.4, 0.5) is 0 Å². The molecule has 0 atom stereocenters. The Labute approximate surface area is 97.6 Å². The Kier molecular flexibility index (Phi) is 2.83. The van der Waals surface area contributed by atoms with Crippen molar-refractivity contribution in [2.24, 2.45) is 5.92 Å². The van der Waals surface area contributed by atoms with Crippen LogP contribution in [-0.4, -0.2) is 5.79 Å². The van der Waals surface area contributed by atoms with Gasteiger partial charge in [-0.25, -0.2) is 0 Å². The summed E-state index contributed by atoms with van der Waals surface area (Å²) < 4.78 is 11.4. The van der Waals surface area contributed by atoms with E-state index in [1.54, 1.807) is 0 Å². The summed E-state index contributed by atoms with van der Waals surface area (Å²) in [4.78, 5) is 0. The van der Waals surface area contributed by atoms with Gasteiger partial charge in [-0.3, -0.25) is 0 Å². The van der Waals surface area contributed by atoms with Gasteiger partial charge in [0.2, 0.25) is 5.79 Å². The molecule has 0 fully saturated rings. The fourth-order valence-electron chi connectivity index (χ4n) is 1.88. The molecule has 16 heavy (non-hydrogen) atoms. The first kappa shape index (κ1) is 11.3. The number of hydrogen-bond acceptors (Lipinski definition) is 2. The van der Waals surface area contributed by atoms with Crippen LogP contribution >= 0.6 is 0 Å². The van der Waals surface area contributed by atoms with Crippen molar-refractivity contribution < 1.29 is 9.47 Å². The monoisotopic (exact) mass is 220 g/mol. The van der Waals surface area contributed by atoms with Crippen LogP contribution in [0.15, 0.2) is 18.2 Å². The van der Waals surface area contributed by atoms with E-state index in [2.05, 4.69) is 26.0 Å². The van der Waals surface area contributed by atoms with Gasteiger partial charge in [-0.05, 0) is 36.5 Å². The van der Waals surface area contributed by atoms with E-state index in [0.717, 1.165) is 23.8 Å². The third-order valence-electron chi connectivity index (χ3n) is 2.73. The summed E-state index contributed by atoms with van der Waals surface area (Å²) in [7, 11) is 0. The fraction of sp³-hybridized carbons (Fsp3) is 0.571. The maximum Gasteiger partial charge on any atom is 0.246 e. The van der Waals surface area contributed by atoms with E-state index in [-0.39, 0.29) is 0 Å². The van der Waals surface area contributed by atoms with E-state index >= 15 is 0 Å². The molecule has 0 aliphatic carbocycles. The molecule has 0 bridgehead atoms. The molecule has 0 N–H and O–H groups in total. The number of hydrogen-bond donors (Lipinski definition) is 0. The smallest absolute Gasteiger partial charge is 0.246 e. The molecular formula is C14H20O2. The van der Waals surface area contributed by atoms with Crippen molar-refractivity contribution in [3.63, 3.8) is 0 Å². The second kappa shape index (κ2) is 4.00. The highest BCUT2D eigenvalue weighted by Crippen LogP contribution is 2.39. The lowest BCUT2D eigenvalue weighted by atomic mass is 10.0. The molecule has 0 amide bonds. The molecule has 2 nitrogen and oxygen atoms in total. The van der Waals surface area contributed by atoms with Gasteiger partial charge in [0.25, 0.3) is 0 Å².